The fourth-order valence-electron chi connectivity index (χ4n) is 1.66. The lowest BCUT2D eigenvalue weighted by molar-refractivity contribution is -0.137. The van der Waals surface area contributed by atoms with E-state index in [0.717, 1.165) is 16.5 Å². The number of hydrogen-bond donors (Lipinski definition) is 1. The van der Waals surface area contributed by atoms with Gasteiger partial charge in [0.15, 0.2) is 0 Å². The predicted molar refractivity (Wildman–Crippen MR) is 74.0 cm³/mol. The highest BCUT2D eigenvalue weighted by atomic mass is 35.5. The number of ether oxygens (including phenoxy) is 1. The van der Waals surface area contributed by atoms with E-state index in [9.17, 15) is 4.79 Å². The molecule has 1 heterocycles. The van der Waals surface area contributed by atoms with Gasteiger partial charge in [0.2, 0.25) is 0 Å². The highest BCUT2D eigenvalue weighted by Crippen LogP contribution is 2.29. The van der Waals surface area contributed by atoms with E-state index in [1.807, 2.05) is 6.07 Å². The first-order valence-electron chi connectivity index (χ1n) is 5.43. The van der Waals surface area contributed by atoms with Crippen LogP contribution in [-0.4, -0.2) is 17.6 Å². The number of esters is 1. The van der Waals surface area contributed by atoms with Crippen LogP contribution in [0.2, 0.25) is 10.2 Å². The molecule has 3 nitrogen and oxygen atoms in total. The van der Waals surface area contributed by atoms with Crippen LogP contribution in [0, 0.1) is 0 Å². The summed E-state index contributed by atoms with van der Waals surface area (Å²) in [5, 5.41) is 2.00. The molecule has 5 heteroatoms. The van der Waals surface area contributed by atoms with Crippen molar-refractivity contribution < 1.29 is 9.53 Å². The molecule has 0 aliphatic heterocycles. The van der Waals surface area contributed by atoms with Gasteiger partial charge in [0.25, 0.3) is 0 Å². The molecule has 1 aromatic carbocycles. The van der Waals surface area contributed by atoms with Crippen molar-refractivity contribution in [1.82, 2.24) is 4.98 Å². The van der Waals surface area contributed by atoms with E-state index in [1.54, 1.807) is 25.1 Å². The number of rotatable bonds is 3. The molecule has 0 atom stereocenters. The number of aromatic amines is 1. The maximum Gasteiger partial charge on any atom is 0.330 e. The SMILES string of the molecule is CCOC(=O)/C=C/c1c(Cl)[nH]c2cc(Cl)ccc12. The number of H-pyrrole nitrogens is 1. The number of carbonyl (C=O) groups excluding carboxylic acids is 1. The molecule has 0 aliphatic rings. The second kappa shape index (κ2) is 5.46. The maximum atomic E-state index is 11.3. The maximum absolute atomic E-state index is 11.3. The fraction of sp³-hybridized carbons (Fsp3) is 0.154. The summed E-state index contributed by atoms with van der Waals surface area (Å²) in [5.41, 5.74) is 1.58. The van der Waals surface area contributed by atoms with Crippen LogP contribution < -0.4 is 0 Å². The average Bonchev–Trinajstić information content (AvgIpc) is 2.61. The molecule has 2 aromatic rings. The summed E-state index contributed by atoms with van der Waals surface area (Å²) in [7, 11) is 0. The minimum Gasteiger partial charge on any atom is -0.463 e. The molecule has 94 valence electrons. The molecule has 0 fully saturated rings. The fourth-order valence-corrected chi connectivity index (χ4v) is 2.10. The quantitative estimate of drug-likeness (QED) is 0.682. The van der Waals surface area contributed by atoms with Crippen molar-refractivity contribution in [2.75, 3.05) is 6.61 Å². The summed E-state index contributed by atoms with van der Waals surface area (Å²) in [6, 6.07) is 5.41. The van der Waals surface area contributed by atoms with Crippen LogP contribution in [0.25, 0.3) is 17.0 Å². The molecule has 2 rings (SSSR count). The van der Waals surface area contributed by atoms with Crippen LogP contribution in [0.1, 0.15) is 12.5 Å². The molecule has 1 N–H and O–H groups in total. The van der Waals surface area contributed by atoms with Crippen molar-refractivity contribution >= 4 is 46.2 Å². The summed E-state index contributed by atoms with van der Waals surface area (Å²) >= 11 is 12.0. The van der Waals surface area contributed by atoms with Crippen LogP contribution >= 0.6 is 23.2 Å². The van der Waals surface area contributed by atoms with Gasteiger partial charge in [0, 0.05) is 27.6 Å². The van der Waals surface area contributed by atoms with Crippen molar-refractivity contribution in [3.63, 3.8) is 0 Å². The second-order valence-corrected chi connectivity index (χ2v) is 4.44. The monoisotopic (exact) mass is 283 g/mol. The highest BCUT2D eigenvalue weighted by molar-refractivity contribution is 6.34. The topological polar surface area (TPSA) is 42.1 Å². The molecular weight excluding hydrogens is 273 g/mol. The van der Waals surface area contributed by atoms with E-state index in [1.165, 1.54) is 6.08 Å². The Bertz CT molecular complexity index is 617. The molecule has 0 bridgehead atoms. The van der Waals surface area contributed by atoms with Gasteiger partial charge in [0.1, 0.15) is 5.15 Å². The summed E-state index contributed by atoms with van der Waals surface area (Å²) in [6.45, 7) is 2.10. The van der Waals surface area contributed by atoms with E-state index in [0.29, 0.717) is 16.8 Å². The van der Waals surface area contributed by atoms with Gasteiger partial charge in [-0.2, -0.15) is 0 Å². The van der Waals surface area contributed by atoms with Crippen molar-refractivity contribution in [1.29, 1.82) is 0 Å². The van der Waals surface area contributed by atoms with Gasteiger partial charge in [-0.25, -0.2) is 4.79 Å². The van der Waals surface area contributed by atoms with Gasteiger partial charge < -0.3 is 9.72 Å². The molecule has 18 heavy (non-hydrogen) atoms. The van der Waals surface area contributed by atoms with E-state index in [-0.39, 0.29) is 0 Å². The number of benzene rings is 1. The summed E-state index contributed by atoms with van der Waals surface area (Å²) in [5.74, 6) is -0.392. The minimum atomic E-state index is -0.392. The van der Waals surface area contributed by atoms with Gasteiger partial charge in [0.05, 0.1) is 6.61 Å². The standard InChI is InChI=1S/C13H11Cl2NO2/c1-2-18-12(17)6-5-10-9-4-3-8(14)7-11(9)16-13(10)15/h3-7,16H,2H2,1H3/b6-5+. The Balaban J connectivity index is 2.39. The number of aromatic nitrogens is 1. The minimum absolute atomic E-state index is 0.348. The third-order valence-corrected chi connectivity index (χ3v) is 2.96. The smallest absolute Gasteiger partial charge is 0.330 e. The molecule has 0 amide bonds. The molecule has 0 spiro atoms. The Labute approximate surface area is 114 Å². The molecule has 0 unspecified atom stereocenters. The van der Waals surface area contributed by atoms with E-state index in [4.69, 9.17) is 27.9 Å². The normalized spacial score (nSPS) is 11.3. The molecule has 0 saturated carbocycles. The number of halogens is 2. The Morgan fingerprint density at radius 1 is 1.44 bits per heavy atom. The molecule has 0 saturated heterocycles. The zero-order chi connectivity index (χ0) is 13.1. The van der Waals surface area contributed by atoms with Crippen molar-refractivity contribution in [2.24, 2.45) is 0 Å². The van der Waals surface area contributed by atoms with Crippen LogP contribution in [0.4, 0.5) is 0 Å². The Hall–Kier alpha value is -1.45. The lowest BCUT2D eigenvalue weighted by atomic mass is 10.1. The number of nitrogens with one attached hydrogen (secondary N) is 1. The first-order valence-corrected chi connectivity index (χ1v) is 6.19. The third kappa shape index (κ3) is 2.68. The van der Waals surface area contributed by atoms with Gasteiger partial charge in [-0.3, -0.25) is 0 Å². The zero-order valence-electron chi connectivity index (χ0n) is 9.67. The van der Waals surface area contributed by atoms with E-state index < -0.39 is 5.97 Å². The molecular formula is C13H11Cl2NO2. The van der Waals surface area contributed by atoms with Gasteiger partial charge in [-0.05, 0) is 25.1 Å². The van der Waals surface area contributed by atoms with Crippen molar-refractivity contribution in [3.05, 3.63) is 40.0 Å². The summed E-state index contributed by atoms with van der Waals surface area (Å²) in [4.78, 5) is 14.3. The summed E-state index contributed by atoms with van der Waals surface area (Å²) in [6.07, 6.45) is 2.99. The highest BCUT2D eigenvalue weighted by Gasteiger charge is 2.08. The first-order chi connectivity index (χ1) is 8.61. The second-order valence-electron chi connectivity index (χ2n) is 3.63. The van der Waals surface area contributed by atoms with Crippen LogP contribution in [0.15, 0.2) is 24.3 Å². The Morgan fingerprint density at radius 3 is 2.94 bits per heavy atom. The van der Waals surface area contributed by atoms with Crippen molar-refractivity contribution in [3.8, 4) is 0 Å². The Kier molecular flexibility index (Phi) is 3.94. The van der Waals surface area contributed by atoms with E-state index in [2.05, 4.69) is 4.98 Å². The van der Waals surface area contributed by atoms with Gasteiger partial charge in [-0.15, -0.1) is 0 Å². The number of fused-ring (bicyclic) bond motifs is 1. The molecule has 0 aliphatic carbocycles. The summed E-state index contributed by atoms with van der Waals surface area (Å²) < 4.78 is 4.81. The molecule has 0 radical (unpaired) electrons. The molecule has 1 aromatic heterocycles. The predicted octanol–water partition coefficient (Wildman–Crippen LogP) is 4.05. The van der Waals surface area contributed by atoms with Crippen LogP contribution in [0.5, 0.6) is 0 Å². The van der Waals surface area contributed by atoms with Gasteiger partial charge >= 0.3 is 5.97 Å². The average molecular weight is 284 g/mol. The lowest BCUT2D eigenvalue weighted by Crippen LogP contribution is -1.98. The lowest BCUT2D eigenvalue weighted by Gasteiger charge is -1.95. The number of hydrogen-bond acceptors (Lipinski definition) is 2. The van der Waals surface area contributed by atoms with Crippen LogP contribution in [-0.2, 0) is 9.53 Å². The van der Waals surface area contributed by atoms with E-state index >= 15 is 0 Å². The Morgan fingerprint density at radius 2 is 2.22 bits per heavy atom. The van der Waals surface area contributed by atoms with Crippen molar-refractivity contribution in [2.45, 2.75) is 6.92 Å². The zero-order valence-corrected chi connectivity index (χ0v) is 11.2. The third-order valence-electron chi connectivity index (χ3n) is 2.43. The number of carbonyl (C=O) groups is 1. The van der Waals surface area contributed by atoms with Gasteiger partial charge in [-0.1, -0.05) is 29.3 Å². The first kappa shape index (κ1) is 13.0. The largest absolute Gasteiger partial charge is 0.463 e. The van der Waals surface area contributed by atoms with Crippen LogP contribution in [0.3, 0.4) is 0 Å².